The largest absolute Gasteiger partial charge is 0.755 e. The summed E-state index contributed by atoms with van der Waals surface area (Å²) in [4.78, 5) is 0. The second kappa shape index (κ2) is 6.37. The van der Waals surface area contributed by atoms with E-state index in [-0.39, 0.29) is 11.4 Å². The van der Waals surface area contributed by atoms with Crippen LogP contribution in [-0.4, -0.2) is 15.1 Å². The first-order chi connectivity index (χ1) is 10.3. The number of ether oxygens (including phenoxy) is 1. The molecule has 0 amide bonds. The van der Waals surface area contributed by atoms with Crippen molar-refractivity contribution in [3.8, 4) is 5.75 Å². The predicted octanol–water partition coefficient (Wildman–Crippen LogP) is 3.83. The summed E-state index contributed by atoms with van der Waals surface area (Å²) in [5.74, 6) is -0.595. The molecule has 2 aromatic rings. The molecule has 8 heteroatoms. The van der Waals surface area contributed by atoms with Gasteiger partial charge < -0.3 is 9.29 Å². The summed E-state index contributed by atoms with van der Waals surface area (Å²) in [5, 5.41) is 0. The fourth-order valence-electron chi connectivity index (χ4n) is 1.92. The number of aryl methyl sites for hydroxylation is 1. The molecule has 22 heavy (non-hydrogen) atoms. The highest BCUT2D eigenvalue weighted by atomic mass is 32.2. The standard InChI is InChI=1S/C14H12F3NO3S/c1-10-6-2-3-7-11(10)18(22(19)20)12-8-4-5-9-13(12)21-14(15,16)17/h2-9H,1H3,(H,19,20)/p-1. The third-order valence-corrected chi connectivity index (χ3v) is 3.48. The molecule has 0 aliphatic rings. The Morgan fingerprint density at radius 3 is 2.14 bits per heavy atom. The van der Waals surface area contributed by atoms with Gasteiger partial charge in [-0.2, -0.15) is 0 Å². The first-order valence-corrected chi connectivity index (χ1v) is 7.12. The lowest BCUT2D eigenvalue weighted by molar-refractivity contribution is -0.274. The lowest BCUT2D eigenvalue weighted by Gasteiger charge is -2.29. The second-order valence-corrected chi connectivity index (χ2v) is 5.11. The average Bonchev–Trinajstić information content (AvgIpc) is 2.41. The van der Waals surface area contributed by atoms with E-state index in [1.54, 1.807) is 25.1 Å². The van der Waals surface area contributed by atoms with Gasteiger partial charge in [0.05, 0.1) is 22.6 Å². The minimum absolute atomic E-state index is 0.220. The van der Waals surface area contributed by atoms with E-state index in [1.165, 1.54) is 24.3 Å². The van der Waals surface area contributed by atoms with Crippen molar-refractivity contribution in [3.05, 3.63) is 54.1 Å². The fourth-order valence-corrected chi connectivity index (χ4v) is 2.59. The Morgan fingerprint density at radius 1 is 1.05 bits per heavy atom. The first kappa shape index (κ1) is 16.3. The van der Waals surface area contributed by atoms with Crippen molar-refractivity contribution in [1.82, 2.24) is 0 Å². The number of benzene rings is 2. The predicted molar refractivity (Wildman–Crippen MR) is 75.4 cm³/mol. The van der Waals surface area contributed by atoms with Crippen LogP contribution in [0.15, 0.2) is 48.5 Å². The Morgan fingerprint density at radius 2 is 1.59 bits per heavy atom. The summed E-state index contributed by atoms with van der Waals surface area (Å²) in [7, 11) is 0. The van der Waals surface area contributed by atoms with Crippen LogP contribution in [0.25, 0.3) is 0 Å². The fraction of sp³-hybridized carbons (Fsp3) is 0.143. The number of halogens is 3. The molecule has 0 aliphatic carbocycles. The van der Waals surface area contributed by atoms with Gasteiger partial charge in [-0.15, -0.1) is 13.2 Å². The summed E-state index contributed by atoms with van der Waals surface area (Å²) < 4.78 is 65.2. The summed E-state index contributed by atoms with van der Waals surface area (Å²) in [6.07, 6.45) is -4.92. The average molecular weight is 330 g/mol. The quantitative estimate of drug-likeness (QED) is 0.801. The molecule has 118 valence electrons. The number of rotatable bonds is 4. The lowest BCUT2D eigenvalue weighted by atomic mass is 10.2. The minimum Gasteiger partial charge on any atom is -0.755 e. The summed E-state index contributed by atoms with van der Waals surface area (Å²) in [6.45, 7) is 1.66. The molecular formula is C14H11F3NO3S-. The van der Waals surface area contributed by atoms with Gasteiger partial charge in [-0.3, -0.25) is 8.51 Å². The maximum Gasteiger partial charge on any atom is 0.573 e. The minimum atomic E-state index is -4.92. The molecule has 0 aromatic heterocycles. The van der Waals surface area contributed by atoms with Gasteiger partial charge in [0, 0.05) is 0 Å². The zero-order valence-corrected chi connectivity index (χ0v) is 12.1. The maximum absolute atomic E-state index is 12.5. The van der Waals surface area contributed by atoms with Crippen molar-refractivity contribution >= 4 is 22.6 Å². The van der Waals surface area contributed by atoms with E-state index < -0.39 is 23.4 Å². The monoisotopic (exact) mass is 330 g/mol. The number of alkyl halides is 3. The van der Waals surface area contributed by atoms with Gasteiger partial charge in [0.15, 0.2) is 5.75 Å². The molecule has 0 radical (unpaired) electrons. The second-order valence-electron chi connectivity index (χ2n) is 4.31. The van der Waals surface area contributed by atoms with Crippen LogP contribution in [0, 0.1) is 6.92 Å². The zero-order chi connectivity index (χ0) is 16.3. The molecule has 0 bridgehead atoms. The van der Waals surface area contributed by atoms with Crippen molar-refractivity contribution in [2.24, 2.45) is 0 Å². The molecule has 0 aliphatic heterocycles. The first-order valence-electron chi connectivity index (χ1n) is 6.09. The smallest absolute Gasteiger partial charge is 0.573 e. The van der Waals surface area contributed by atoms with E-state index in [4.69, 9.17) is 0 Å². The van der Waals surface area contributed by atoms with Gasteiger partial charge in [0.2, 0.25) is 0 Å². The van der Waals surface area contributed by atoms with Gasteiger partial charge in [0.1, 0.15) is 0 Å². The lowest BCUT2D eigenvalue weighted by Crippen LogP contribution is -2.23. The van der Waals surface area contributed by atoms with Gasteiger partial charge in [-0.25, -0.2) is 0 Å². The molecular weight excluding hydrogens is 319 g/mol. The van der Waals surface area contributed by atoms with Gasteiger partial charge in [-0.1, -0.05) is 30.3 Å². The normalized spacial score (nSPS) is 12.8. The molecule has 1 atom stereocenters. The molecule has 0 N–H and O–H groups in total. The van der Waals surface area contributed by atoms with Gasteiger partial charge in [-0.05, 0) is 30.7 Å². The van der Waals surface area contributed by atoms with E-state index in [2.05, 4.69) is 4.74 Å². The van der Waals surface area contributed by atoms with Crippen molar-refractivity contribution in [1.29, 1.82) is 0 Å². The number of anilines is 2. The molecule has 0 heterocycles. The molecule has 0 saturated carbocycles. The highest BCUT2D eigenvalue weighted by molar-refractivity contribution is 7.81. The molecule has 2 rings (SSSR count). The summed E-state index contributed by atoms with van der Waals surface area (Å²) in [6, 6.07) is 11.5. The van der Waals surface area contributed by atoms with Crippen molar-refractivity contribution in [3.63, 3.8) is 0 Å². The Balaban J connectivity index is 2.56. The van der Waals surface area contributed by atoms with Crippen LogP contribution < -0.4 is 9.04 Å². The number of hydrogen-bond acceptors (Lipinski definition) is 3. The Hall–Kier alpha value is -2.06. The third kappa shape index (κ3) is 3.77. The zero-order valence-electron chi connectivity index (χ0n) is 11.3. The SMILES string of the molecule is Cc1ccccc1N(c1ccccc1OC(F)(F)F)S(=O)[O-]. The molecule has 4 nitrogen and oxygen atoms in total. The molecule has 2 aromatic carbocycles. The van der Waals surface area contributed by atoms with Gasteiger partial charge in [0.25, 0.3) is 0 Å². The van der Waals surface area contributed by atoms with E-state index in [0.717, 1.165) is 10.4 Å². The van der Waals surface area contributed by atoms with Crippen molar-refractivity contribution < 1.29 is 26.7 Å². The van der Waals surface area contributed by atoms with Crippen LogP contribution >= 0.6 is 0 Å². The van der Waals surface area contributed by atoms with E-state index in [1.807, 2.05) is 0 Å². The van der Waals surface area contributed by atoms with Crippen molar-refractivity contribution in [2.45, 2.75) is 13.3 Å². The highest BCUT2D eigenvalue weighted by Gasteiger charge is 2.33. The Bertz CT molecular complexity index is 691. The Labute approximate surface area is 127 Å². The highest BCUT2D eigenvalue weighted by Crippen LogP contribution is 2.38. The third-order valence-electron chi connectivity index (χ3n) is 2.79. The van der Waals surface area contributed by atoms with Crippen LogP contribution in [0.2, 0.25) is 0 Å². The van der Waals surface area contributed by atoms with Crippen LogP contribution in [0.4, 0.5) is 24.5 Å². The van der Waals surface area contributed by atoms with Gasteiger partial charge >= 0.3 is 6.36 Å². The Kier molecular flexibility index (Phi) is 4.72. The number of nitrogens with zero attached hydrogens (tertiary/aromatic N) is 1. The van der Waals surface area contributed by atoms with E-state index >= 15 is 0 Å². The molecule has 1 unspecified atom stereocenters. The van der Waals surface area contributed by atoms with Crippen LogP contribution in [0.5, 0.6) is 5.75 Å². The summed E-state index contributed by atoms with van der Waals surface area (Å²) >= 11 is -2.82. The summed E-state index contributed by atoms with van der Waals surface area (Å²) in [5.41, 5.74) is 0.616. The van der Waals surface area contributed by atoms with E-state index in [9.17, 15) is 21.9 Å². The molecule has 0 saturated heterocycles. The topological polar surface area (TPSA) is 52.6 Å². The number of para-hydroxylation sites is 3. The van der Waals surface area contributed by atoms with Crippen molar-refractivity contribution in [2.75, 3.05) is 4.31 Å². The maximum atomic E-state index is 12.5. The van der Waals surface area contributed by atoms with Crippen LogP contribution in [0.3, 0.4) is 0 Å². The molecule has 0 fully saturated rings. The van der Waals surface area contributed by atoms with Crippen LogP contribution in [0.1, 0.15) is 5.56 Å². The number of hydrogen-bond donors (Lipinski definition) is 0. The molecule has 0 spiro atoms. The van der Waals surface area contributed by atoms with E-state index in [0.29, 0.717) is 5.56 Å². The van der Waals surface area contributed by atoms with Crippen LogP contribution in [-0.2, 0) is 11.3 Å².